The minimum atomic E-state index is 0.780. The lowest BCUT2D eigenvalue weighted by Crippen LogP contribution is -2.17. The topological polar surface area (TPSA) is 28.2 Å². The van der Waals surface area contributed by atoms with Crippen molar-refractivity contribution in [3.63, 3.8) is 0 Å². The molecule has 0 aliphatic heterocycles. The summed E-state index contributed by atoms with van der Waals surface area (Å²) in [6, 6.07) is 7.98. The molecule has 0 saturated heterocycles. The van der Waals surface area contributed by atoms with E-state index >= 15 is 0 Å². The molecule has 1 N–H and O–H groups in total. The molecule has 102 valence electrons. The molecule has 19 heavy (non-hydrogen) atoms. The fourth-order valence-electron chi connectivity index (χ4n) is 1.89. The molecule has 0 saturated carbocycles. The summed E-state index contributed by atoms with van der Waals surface area (Å²) in [7, 11) is 4.04. The highest BCUT2D eigenvalue weighted by molar-refractivity contribution is 7.09. The third-order valence-corrected chi connectivity index (χ3v) is 3.87. The summed E-state index contributed by atoms with van der Waals surface area (Å²) in [6.07, 6.45) is 0. The van der Waals surface area contributed by atoms with E-state index < -0.39 is 0 Å². The minimum absolute atomic E-state index is 0.780. The Morgan fingerprint density at radius 1 is 1.26 bits per heavy atom. The lowest BCUT2D eigenvalue weighted by molar-refractivity contribution is 0.315. The predicted molar refractivity (Wildman–Crippen MR) is 81.5 cm³/mol. The Kier molecular flexibility index (Phi) is 5.34. The van der Waals surface area contributed by atoms with Crippen LogP contribution in [0.1, 0.15) is 16.3 Å². The minimum Gasteiger partial charge on any atom is -0.314 e. The Labute approximate surface area is 123 Å². The highest BCUT2D eigenvalue weighted by Crippen LogP contribution is 2.14. The van der Waals surface area contributed by atoms with Crippen molar-refractivity contribution < 1.29 is 0 Å². The van der Waals surface area contributed by atoms with E-state index in [-0.39, 0.29) is 0 Å². The maximum Gasteiger partial charge on any atom is 0.107 e. The van der Waals surface area contributed by atoms with Gasteiger partial charge in [0.05, 0.1) is 5.69 Å². The van der Waals surface area contributed by atoms with E-state index in [4.69, 9.17) is 11.6 Å². The molecule has 0 unspecified atom stereocenters. The molecule has 0 amide bonds. The van der Waals surface area contributed by atoms with Crippen LogP contribution in [0.3, 0.4) is 0 Å². The summed E-state index contributed by atoms with van der Waals surface area (Å²) < 4.78 is 0. The molecule has 0 bridgehead atoms. The van der Waals surface area contributed by atoms with Crippen LogP contribution in [0.5, 0.6) is 0 Å². The van der Waals surface area contributed by atoms with E-state index in [1.807, 2.05) is 19.2 Å². The number of nitrogens with one attached hydrogen (secondary N) is 1. The summed E-state index contributed by atoms with van der Waals surface area (Å²) in [5.74, 6) is 0. The number of halogens is 1. The molecule has 3 nitrogen and oxygen atoms in total. The molecule has 0 aliphatic carbocycles. The van der Waals surface area contributed by atoms with Gasteiger partial charge in [0, 0.05) is 30.0 Å². The van der Waals surface area contributed by atoms with Crippen molar-refractivity contribution in [2.75, 3.05) is 14.1 Å². The average Bonchev–Trinajstić information content (AvgIpc) is 2.80. The van der Waals surface area contributed by atoms with Gasteiger partial charge >= 0.3 is 0 Å². The highest BCUT2D eigenvalue weighted by atomic mass is 35.5. The van der Waals surface area contributed by atoms with Gasteiger partial charge in [0.15, 0.2) is 0 Å². The van der Waals surface area contributed by atoms with Crippen molar-refractivity contribution in [3.05, 3.63) is 50.9 Å². The molecule has 2 rings (SSSR count). The Hall–Kier alpha value is -0.940. The zero-order valence-corrected chi connectivity index (χ0v) is 12.8. The summed E-state index contributed by atoms with van der Waals surface area (Å²) in [5, 5.41) is 7.16. The molecular formula is C14H18ClN3S. The molecule has 5 heteroatoms. The molecule has 1 heterocycles. The predicted octanol–water partition coefficient (Wildman–Crippen LogP) is 3.15. The third kappa shape index (κ3) is 4.58. The Balaban J connectivity index is 1.89. The quantitative estimate of drug-likeness (QED) is 0.887. The molecule has 2 aromatic rings. The van der Waals surface area contributed by atoms with Crippen LogP contribution in [-0.4, -0.2) is 24.0 Å². The number of nitrogens with zero attached hydrogens (tertiary/aromatic N) is 2. The number of thiazole rings is 1. The third-order valence-electron chi connectivity index (χ3n) is 2.72. The van der Waals surface area contributed by atoms with Crippen molar-refractivity contribution in [2.24, 2.45) is 0 Å². The van der Waals surface area contributed by atoms with Crippen molar-refractivity contribution in [1.29, 1.82) is 0 Å². The largest absolute Gasteiger partial charge is 0.314 e. The van der Waals surface area contributed by atoms with E-state index in [0.29, 0.717) is 0 Å². The van der Waals surface area contributed by atoms with E-state index in [1.54, 1.807) is 11.3 Å². The second-order valence-corrected chi connectivity index (χ2v) is 5.94. The van der Waals surface area contributed by atoms with Crippen LogP contribution in [0.4, 0.5) is 0 Å². The molecule has 0 atom stereocenters. The Bertz CT molecular complexity index is 510. The SMILES string of the molecule is CNCc1nc(CN(C)Cc2ccc(Cl)cc2)cs1. The number of benzene rings is 1. The summed E-state index contributed by atoms with van der Waals surface area (Å²) in [6.45, 7) is 2.60. The number of aromatic nitrogens is 1. The van der Waals surface area contributed by atoms with Crippen LogP contribution in [-0.2, 0) is 19.6 Å². The van der Waals surface area contributed by atoms with Crippen molar-refractivity contribution >= 4 is 22.9 Å². The molecule has 1 aromatic carbocycles. The van der Waals surface area contributed by atoms with Gasteiger partial charge in [0.1, 0.15) is 5.01 Å². The summed E-state index contributed by atoms with van der Waals surface area (Å²) in [4.78, 5) is 6.84. The highest BCUT2D eigenvalue weighted by Gasteiger charge is 2.06. The molecule has 1 aromatic heterocycles. The molecule has 0 fully saturated rings. The summed E-state index contributed by atoms with van der Waals surface area (Å²) in [5.41, 5.74) is 2.39. The molecule has 0 spiro atoms. The first-order chi connectivity index (χ1) is 9.17. The van der Waals surface area contributed by atoms with Crippen LogP contribution >= 0.6 is 22.9 Å². The van der Waals surface area contributed by atoms with Gasteiger partial charge in [-0.05, 0) is 31.8 Å². The second kappa shape index (κ2) is 7.01. The van der Waals surface area contributed by atoms with E-state index in [1.165, 1.54) is 5.56 Å². The maximum atomic E-state index is 5.88. The van der Waals surface area contributed by atoms with Crippen LogP contribution in [0.25, 0.3) is 0 Å². The second-order valence-electron chi connectivity index (χ2n) is 4.56. The lowest BCUT2D eigenvalue weighted by Gasteiger charge is -2.15. The van der Waals surface area contributed by atoms with Crippen molar-refractivity contribution in [2.45, 2.75) is 19.6 Å². The number of rotatable bonds is 6. The van der Waals surface area contributed by atoms with Gasteiger partial charge in [-0.1, -0.05) is 23.7 Å². The average molecular weight is 296 g/mol. The first kappa shape index (κ1) is 14.5. The monoisotopic (exact) mass is 295 g/mol. The Morgan fingerprint density at radius 2 is 2.00 bits per heavy atom. The van der Waals surface area contributed by atoms with Gasteiger partial charge in [-0.3, -0.25) is 4.90 Å². The fraction of sp³-hybridized carbons (Fsp3) is 0.357. The first-order valence-electron chi connectivity index (χ1n) is 6.18. The first-order valence-corrected chi connectivity index (χ1v) is 7.44. The molecular weight excluding hydrogens is 278 g/mol. The van der Waals surface area contributed by atoms with E-state index in [0.717, 1.165) is 35.4 Å². The Morgan fingerprint density at radius 3 is 2.68 bits per heavy atom. The van der Waals surface area contributed by atoms with Gasteiger partial charge in [0.2, 0.25) is 0 Å². The maximum absolute atomic E-state index is 5.88. The normalized spacial score (nSPS) is 11.2. The van der Waals surface area contributed by atoms with Crippen LogP contribution in [0.15, 0.2) is 29.6 Å². The van der Waals surface area contributed by atoms with Gasteiger partial charge < -0.3 is 5.32 Å². The number of hydrogen-bond donors (Lipinski definition) is 1. The van der Waals surface area contributed by atoms with Gasteiger partial charge in [0.25, 0.3) is 0 Å². The fourth-order valence-corrected chi connectivity index (χ4v) is 2.81. The van der Waals surface area contributed by atoms with Crippen LogP contribution in [0, 0.1) is 0 Å². The van der Waals surface area contributed by atoms with Gasteiger partial charge in [-0.15, -0.1) is 11.3 Å². The van der Waals surface area contributed by atoms with Gasteiger partial charge in [-0.2, -0.15) is 0 Å². The number of hydrogen-bond acceptors (Lipinski definition) is 4. The lowest BCUT2D eigenvalue weighted by atomic mass is 10.2. The van der Waals surface area contributed by atoms with Crippen LogP contribution < -0.4 is 5.32 Å². The van der Waals surface area contributed by atoms with Gasteiger partial charge in [-0.25, -0.2) is 4.98 Å². The smallest absolute Gasteiger partial charge is 0.107 e. The zero-order valence-electron chi connectivity index (χ0n) is 11.2. The molecule has 0 aliphatic rings. The standard InChI is InChI=1S/C14H18ClN3S/c1-16-7-14-17-13(10-19-14)9-18(2)8-11-3-5-12(15)6-4-11/h3-6,10,16H,7-9H2,1-2H3. The van der Waals surface area contributed by atoms with Crippen molar-refractivity contribution in [3.8, 4) is 0 Å². The molecule has 0 radical (unpaired) electrons. The van der Waals surface area contributed by atoms with Crippen LogP contribution in [0.2, 0.25) is 5.02 Å². The zero-order chi connectivity index (χ0) is 13.7. The summed E-state index contributed by atoms with van der Waals surface area (Å²) >= 11 is 7.59. The van der Waals surface area contributed by atoms with E-state index in [9.17, 15) is 0 Å². The van der Waals surface area contributed by atoms with Crippen molar-refractivity contribution in [1.82, 2.24) is 15.2 Å². The van der Waals surface area contributed by atoms with E-state index in [2.05, 4.69) is 39.8 Å².